The fourth-order valence-corrected chi connectivity index (χ4v) is 4.89. The summed E-state index contributed by atoms with van der Waals surface area (Å²) in [7, 11) is 0. The minimum atomic E-state index is -0.218. The van der Waals surface area contributed by atoms with E-state index in [4.69, 9.17) is 39.5 Å². The van der Waals surface area contributed by atoms with Gasteiger partial charge in [-0.25, -0.2) is 4.98 Å². The number of amides is 1. The Labute approximate surface area is 175 Å². The molecule has 1 atom stereocenters. The van der Waals surface area contributed by atoms with Crippen molar-refractivity contribution in [3.63, 3.8) is 0 Å². The van der Waals surface area contributed by atoms with Crippen LogP contribution in [-0.4, -0.2) is 30.1 Å². The second kappa shape index (κ2) is 7.94. The lowest BCUT2D eigenvalue weighted by Crippen LogP contribution is -2.37. The minimum Gasteiger partial charge on any atom is -0.376 e. The maximum Gasteiger partial charge on any atom is 0.260 e. The third-order valence-corrected chi connectivity index (χ3v) is 6.14. The van der Waals surface area contributed by atoms with Gasteiger partial charge in [-0.1, -0.05) is 52.2 Å². The van der Waals surface area contributed by atoms with Crippen LogP contribution >= 0.6 is 46.1 Å². The fourth-order valence-electron chi connectivity index (χ4n) is 3.09. The smallest absolute Gasteiger partial charge is 0.260 e. The molecule has 1 aliphatic heterocycles. The number of carbonyl (C=O) groups is 1. The zero-order valence-electron chi connectivity index (χ0n) is 14.1. The van der Waals surface area contributed by atoms with Crippen molar-refractivity contribution in [2.24, 2.45) is 0 Å². The summed E-state index contributed by atoms with van der Waals surface area (Å²) in [6, 6.07) is 10.4. The number of halogens is 3. The van der Waals surface area contributed by atoms with Gasteiger partial charge in [-0.15, -0.1) is 0 Å². The van der Waals surface area contributed by atoms with Crippen LogP contribution in [0.25, 0.3) is 10.2 Å². The molecule has 4 nitrogen and oxygen atoms in total. The molecule has 1 unspecified atom stereocenters. The normalized spacial score (nSPS) is 16.8. The number of para-hydroxylation sites is 1. The van der Waals surface area contributed by atoms with Crippen LogP contribution in [0.3, 0.4) is 0 Å². The zero-order chi connectivity index (χ0) is 19.0. The summed E-state index contributed by atoms with van der Waals surface area (Å²) in [5, 5.41) is 1.96. The topological polar surface area (TPSA) is 42.4 Å². The molecule has 1 fully saturated rings. The Balaban J connectivity index is 1.75. The Hall–Kier alpha value is -1.37. The summed E-state index contributed by atoms with van der Waals surface area (Å²) in [6.07, 6.45) is 1.87. The van der Waals surface area contributed by atoms with Crippen LogP contribution in [0.15, 0.2) is 36.4 Å². The van der Waals surface area contributed by atoms with E-state index in [9.17, 15) is 4.79 Å². The van der Waals surface area contributed by atoms with E-state index in [1.165, 1.54) is 11.3 Å². The molecule has 1 saturated heterocycles. The molecule has 8 heteroatoms. The summed E-state index contributed by atoms with van der Waals surface area (Å²) in [5.74, 6) is -0.218. The number of benzene rings is 2. The molecule has 140 valence electrons. The Kier molecular flexibility index (Phi) is 5.58. The van der Waals surface area contributed by atoms with Gasteiger partial charge in [-0.3, -0.25) is 9.69 Å². The van der Waals surface area contributed by atoms with E-state index >= 15 is 0 Å². The number of carbonyl (C=O) groups excluding carboxylic acids is 1. The summed E-state index contributed by atoms with van der Waals surface area (Å²) in [5.41, 5.74) is 1.10. The Morgan fingerprint density at radius 3 is 2.67 bits per heavy atom. The fraction of sp³-hybridized carbons (Fsp3) is 0.263. The monoisotopic (exact) mass is 440 g/mol. The maximum absolute atomic E-state index is 13.3. The molecule has 1 aromatic heterocycles. The van der Waals surface area contributed by atoms with Gasteiger partial charge >= 0.3 is 0 Å². The van der Waals surface area contributed by atoms with E-state index in [1.807, 2.05) is 12.1 Å². The molecule has 2 heterocycles. The van der Waals surface area contributed by atoms with Gasteiger partial charge in [0.1, 0.15) is 5.52 Å². The van der Waals surface area contributed by atoms with E-state index in [1.54, 1.807) is 29.2 Å². The van der Waals surface area contributed by atoms with Crippen molar-refractivity contribution >= 4 is 67.4 Å². The van der Waals surface area contributed by atoms with E-state index in [0.29, 0.717) is 44.4 Å². The number of rotatable bonds is 4. The van der Waals surface area contributed by atoms with Crippen LogP contribution in [0.4, 0.5) is 5.13 Å². The highest BCUT2D eigenvalue weighted by Crippen LogP contribution is 2.34. The minimum absolute atomic E-state index is 0.0221. The zero-order valence-corrected chi connectivity index (χ0v) is 17.2. The predicted molar refractivity (Wildman–Crippen MR) is 112 cm³/mol. The van der Waals surface area contributed by atoms with Crippen LogP contribution in [-0.2, 0) is 4.74 Å². The predicted octanol–water partition coefficient (Wildman–Crippen LogP) is 6.08. The second-order valence-electron chi connectivity index (χ2n) is 6.29. The standard InChI is InChI=1S/C19H15Cl3N2O2S/c20-12-7-11(8-13(21)9-12)18(25)24(10-14-3-2-6-26-14)19-23-17-15(22)4-1-5-16(17)27-19/h1,4-5,7-9,14H,2-3,6,10H2. The third kappa shape index (κ3) is 4.08. The number of nitrogens with zero attached hydrogens (tertiary/aromatic N) is 2. The van der Waals surface area contributed by atoms with Crippen LogP contribution in [0.5, 0.6) is 0 Å². The first kappa shape index (κ1) is 19.0. The van der Waals surface area contributed by atoms with Crippen molar-refractivity contribution in [3.8, 4) is 0 Å². The SMILES string of the molecule is O=C(c1cc(Cl)cc(Cl)c1)N(CC1CCCO1)c1nc2c(Cl)cccc2s1. The first-order valence-electron chi connectivity index (χ1n) is 8.46. The molecule has 1 aliphatic rings. The van der Waals surface area contributed by atoms with Crippen LogP contribution in [0.2, 0.25) is 15.1 Å². The van der Waals surface area contributed by atoms with Gasteiger partial charge in [0.15, 0.2) is 5.13 Å². The number of ether oxygens (including phenoxy) is 1. The van der Waals surface area contributed by atoms with Crippen LogP contribution in [0, 0.1) is 0 Å². The van der Waals surface area contributed by atoms with Gasteiger partial charge < -0.3 is 4.74 Å². The lowest BCUT2D eigenvalue weighted by atomic mass is 10.1. The number of hydrogen-bond acceptors (Lipinski definition) is 4. The number of fused-ring (bicyclic) bond motifs is 1. The average molecular weight is 442 g/mol. The molecule has 0 saturated carbocycles. The van der Waals surface area contributed by atoms with Crippen molar-refractivity contribution < 1.29 is 9.53 Å². The molecule has 0 N–H and O–H groups in total. The second-order valence-corrected chi connectivity index (χ2v) is 8.58. The summed E-state index contributed by atoms with van der Waals surface area (Å²) in [4.78, 5) is 19.5. The van der Waals surface area contributed by atoms with E-state index < -0.39 is 0 Å². The number of anilines is 1. The summed E-state index contributed by atoms with van der Waals surface area (Å²) < 4.78 is 6.66. The van der Waals surface area contributed by atoms with E-state index in [-0.39, 0.29) is 12.0 Å². The molecular weight excluding hydrogens is 427 g/mol. The number of hydrogen-bond donors (Lipinski definition) is 0. The van der Waals surface area contributed by atoms with Crippen molar-refractivity contribution in [1.82, 2.24) is 4.98 Å². The number of thiazole rings is 1. The van der Waals surface area contributed by atoms with E-state index in [2.05, 4.69) is 4.98 Å². The van der Waals surface area contributed by atoms with Gasteiger partial charge in [0.25, 0.3) is 5.91 Å². The van der Waals surface area contributed by atoms with Crippen molar-refractivity contribution in [2.75, 3.05) is 18.1 Å². The lowest BCUT2D eigenvalue weighted by molar-refractivity contribution is 0.0917. The first-order valence-corrected chi connectivity index (χ1v) is 10.4. The molecular formula is C19H15Cl3N2O2S. The number of aromatic nitrogens is 1. The molecule has 27 heavy (non-hydrogen) atoms. The quantitative estimate of drug-likeness (QED) is 0.492. The van der Waals surface area contributed by atoms with Crippen LogP contribution in [0.1, 0.15) is 23.2 Å². The third-order valence-electron chi connectivity index (χ3n) is 4.35. The molecule has 1 amide bonds. The molecule has 0 aliphatic carbocycles. The summed E-state index contributed by atoms with van der Waals surface area (Å²) >= 11 is 19.9. The molecule has 3 aromatic rings. The Bertz CT molecular complexity index is 982. The molecule has 0 bridgehead atoms. The highest BCUT2D eigenvalue weighted by Gasteiger charge is 2.27. The van der Waals surface area contributed by atoms with Crippen molar-refractivity contribution in [3.05, 3.63) is 57.0 Å². The highest BCUT2D eigenvalue weighted by molar-refractivity contribution is 7.22. The average Bonchev–Trinajstić information content (AvgIpc) is 3.28. The lowest BCUT2D eigenvalue weighted by Gasteiger charge is -2.23. The Morgan fingerprint density at radius 2 is 2.00 bits per heavy atom. The van der Waals surface area contributed by atoms with Gasteiger partial charge in [-0.2, -0.15) is 0 Å². The highest BCUT2D eigenvalue weighted by atomic mass is 35.5. The molecule has 0 radical (unpaired) electrons. The van der Waals surface area contributed by atoms with Crippen molar-refractivity contribution in [2.45, 2.75) is 18.9 Å². The maximum atomic E-state index is 13.3. The summed E-state index contributed by atoms with van der Waals surface area (Å²) in [6.45, 7) is 1.13. The van der Waals surface area contributed by atoms with Gasteiger partial charge in [0, 0.05) is 22.2 Å². The van der Waals surface area contributed by atoms with Crippen LogP contribution < -0.4 is 4.90 Å². The van der Waals surface area contributed by atoms with Gasteiger partial charge in [-0.05, 0) is 43.2 Å². The van der Waals surface area contributed by atoms with E-state index in [0.717, 1.165) is 17.5 Å². The molecule has 4 rings (SSSR count). The van der Waals surface area contributed by atoms with Gasteiger partial charge in [0.2, 0.25) is 0 Å². The van der Waals surface area contributed by atoms with Crippen molar-refractivity contribution in [1.29, 1.82) is 0 Å². The largest absolute Gasteiger partial charge is 0.376 e. The Morgan fingerprint density at radius 1 is 1.22 bits per heavy atom. The van der Waals surface area contributed by atoms with Gasteiger partial charge in [0.05, 0.1) is 22.4 Å². The molecule has 2 aromatic carbocycles. The molecule has 0 spiro atoms. The first-order chi connectivity index (χ1) is 13.0.